The van der Waals surface area contributed by atoms with Crippen LogP contribution in [0.1, 0.15) is 22.5 Å². The van der Waals surface area contributed by atoms with E-state index in [-0.39, 0.29) is 17.7 Å². The largest absolute Gasteiger partial charge is 0.418 e. The van der Waals surface area contributed by atoms with Gasteiger partial charge in [-0.25, -0.2) is 9.07 Å². The zero-order chi connectivity index (χ0) is 24.5. The summed E-state index contributed by atoms with van der Waals surface area (Å²) in [6.07, 6.45) is -4.64. The van der Waals surface area contributed by atoms with E-state index in [2.05, 4.69) is 5.10 Å². The smallest absolute Gasteiger partial charge is 0.299 e. The Labute approximate surface area is 195 Å². The normalized spacial score (nSPS) is 11.5. The van der Waals surface area contributed by atoms with Crippen LogP contribution in [0.15, 0.2) is 72.8 Å². The number of non-ortho nitro benzene ring substituents is 1. The molecule has 174 valence electrons. The summed E-state index contributed by atoms with van der Waals surface area (Å²) in [6.45, 7) is 0.0765. The quantitative estimate of drug-likeness (QED) is 0.142. The maximum absolute atomic E-state index is 13.8. The standard InChI is InChI=1S/C23H16F4N4O2S/c24-17-8-4-7-16(11-17)14-29-21(12-15-5-2-1-3-6-15)28-30(22(29)34)20-10-9-18(31(32)33)13-19(20)23(25,26)27/h1-11,13H,12,14H2. The van der Waals surface area contributed by atoms with Crippen LogP contribution in [0.5, 0.6) is 0 Å². The molecule has 0 radical (unpaired) electrons. The second kappa shape index (κ2) is 9.18. The number of hydrogen-bond donors (Lipinski definition) is 0. The van der Waals surface area contributed by atoms with Gasteiger partial charge in [-0.2, -0.15) is 18.3 Å². The van der Waals surface area contributed by atoms with E-state index in [0.29, 0.717) is 17.5 Å². The Morgan fingerprint density at radius 1 is 0.971 bits per heavy atom. The summed E-state index contributed by atoms with van der Waals surface area (Å²) >= 11 is 5.48. The fourth-order valence-electron chi connectivity index (χ4n) is 3.53. The highest BCUT2D eigenvalue weighted by atomic mass is 32.1. The van der Waals surface area contributed by atoms with E-state index >= 15 is 0 Å². The lowest BCUT2D eigenvalue weighted by atomic mass is 10.1. The van der Waals surface area contributed by atoms with Crippen LogP contribution in [-0.2, 0) is 19.1 Å². The van der Waals surface area contributed by atoms with Crippen LogP contribution in [0.3, 0.4) is 0 Å². The van der Waals surface area contributed by atoms with Gasteiger partial charge in [-0.1, -0.05) is 42.5 Å². The third kappa shape index (κ3) is 4.88. The van der Waals surface area contributed by atoms with Crippen molar-refractivity contribution in [2.75, 3.05) is 0 Å². The minimum absolute atomic E-state index is 0.0606. The number of aromatic nitrogens is 3. The topological polar surface area (TPSA) is 65.9 Å². The lowest BCUT2D eigenvalue weighted by Gasteiger charge is -2.12. The van der Waals surface area contributed by atoms with Gasteiger partial charge in [0.15, 0.2) is 0 Å². The minimum Gasteiger partial charge on any atom is -0.299 e. The molecule has 0 N–H and O–H groups in total. The Morgan fingerprint density at radius 2 is 1.68 bits per heavy atom. The first kappa shape index (κ1) is 23.3. The van der Waals surface area contributed by atoms with Crippen molar-refractivity contribution in [2.24, 2.45) is 0 Å². The van der Waals surface area contributed by atoms with Gasteiger partial charge in [-0.3, -0.25) is 14.7 Å². The van der Waals surface area contributed by atoms with Gasteiger partial charge in [0.2, 0.25) is 4.77 Å². The number of nitro benzene ring substituents is 1. The summed E-state index contributed by atoms with van der Waals surface area (Å²) in [7, 11) is 0. The molecule has 0 atom stereocenters. The molecular weight excluding hydrogens is 472 g/mol. The van der Waals surface area contributed by atoms with Crippen LogP contribution in [-0.4, -0.2) is 19.3 Å². The van der Waals surface area contributed by atoms with Crippen molar-refractivity contribution in [1.29, 1.82) is 0 Å². The Morgan fingerprint density at radius 3 is 2.32 bits per heavy atom. The molecule has 4 rings (SSSR count). The number of halogens is 4. The minimum atomic E-state index is -4.89. The third-order valence-electron chi connectivity index (χ3n) is 5.10. The fourth-order valence-corrected chi connectivity index (χ4v) is 3.84. The molecule has 0 unspecified atom stereocenters. The van der Waals surface area contributed by atoms with Crippen molar-refractivity contribution in [3.8, 4) is 5.69 Å². The van der Waals surface area contributed by atoms with Crippen LogP contribution in [0, 0.1) is 20.7 Å². The molecule has 0 saturated heterocycles. The average Bonchev–Trinajstić information content (AvgIpc) is 3.08. The molecule has 0 aliphatic heterocycles. The SMILES string of the molecule is O=[N+]([O-])c1ccc(-n2nc(Cc3ccccc3)n(Cc3cccc(F)c3)c2=S)c(C(F)(F)F)c1. The summed E-state index contributed by atoms with van der Waals surface area (Å²) in [5.74, 6) is -0.109. The monoisotopic (exact) mass is 488 g/mol. The predicted molar refractivity (Wildman–Crippen MR) is 119 cm³/mol. The summed E-state index contributed by atoms with van der Waals surface area (Å²) in [6, 6.07) is 17.3. The average molecular weight is 488 g/mol. The van der Waals surface area contributed by atoms with Gasteiger partial charge in [0.05, 0.1) is 22.7 Å². The second-order valence-electron chi connectivity index (χ2n) is 7.45. The fraction of sp³-hybridized carbons (Fsp3) is 0.130. The molecule has 4 aromatic rings. The van der Waals surface area contributed by atoms with E-state index in [9.17, 15) is 27.7 Å². The van der Waals surface area contributed by atoms with Crippen molar-refractivity contribution in [3.63, 3.8) is 0 Å². The highest BCUT2D eigenvalue weighted by molar-refractivity contribution is 7.71. The molecule has 6 nitrogen and oxygen atoms in total. The van der Waals surface area contributed by atoms with Crippen LogP contribution >= 0.6 is 12.2 Å². The lowest BCUT2D eigenvalue weighted by molar-refractivity contribution is -0.385. The Bertz CT molecular complexity index is 1410. The first-order chi connectivity index (χ1) is 16.1. The van der Waals surface area contributed by atoms with Crippen molar-refractivity contribution in [1.82, 2.24) is 14.3 Å². The van der Waals surface area contributed by atoms with E-state index in [1.54, 1.807) is 6.07 Å². The molecular formula is C23H16F4N4O2S. The Kier molecular flexibility index (Phi) is 6.29. The molecule has 0 amide bonds. The van der Waals surface area contributed by atoms with E-state index in [0.717, 1.165) is 22.4 Å². The number of nitro groups is 1. The number of benzene rings is 3. The number of alkyl halides is 3. The molecule has 0 aliphatic rings. The van der Waals surface area contributed by atoms with Crippen molar-refractivity contribution in [2.45, 2.75) is 19.1 Å². The summed E-state index contributed by atoms with van der Waals surface area (Å²) < 4.78 is 57.6. The molecule has 0 fully saturated rings. The molecule has 0 bridgehead atoms. The van der Waals surface area contributed by atoms with E-state index in [1.807, 2.05) is 30.3 Å². The summed E-state index contributed by atoms with van der Waals surface area (Å²) in [5.41, 5.74) is -0.985. The number of nitrogens with zero attached hydrogens (tertiary/aromatic N) is 4. The maximum atomic E-state index is 13.8. The molecule has 1 heterocycles. The van der Waals surface area contributed by atoms with Gasteiger partial charge < -0.3 is 0 Å². The second-order valence-corrected chi connectivity index (χ2v) is 7.81. The summed E-state index contributed by atoms with van der Waals surface area (Å²) in [4.78, 5) is 10.1. The van der Waals surface area contributed by atoms with Crippen LogP contribution in [0.25, 0.3) is 5.69 Å². The zero-order valence-corrected chi connectivity index (χ0v) is 18.2. The molecule has 34 heavy (non-hydrogen) atoms. The van der Waals surface area contributed by atoms with Crippen LogP contribution in [0.2, 0.25) is 0 Å². The predicted octanol–water partition coefficient (Wildman–Crippen LogP) is 6.11. The van der Waals surface area contributed by atoms with Gasteiger partial charge >= 0.3 is 6.18 Å². The van der Waals surface area contributed by atoms with Gasteiger partial charge in [0, 0.05) is 18.6 Å². The maximum Gasteiger partial charge on any atom is 0.418 e. The Hall–Kier alpha value is -3.86. The molecule has 0 saturated carbocycles. The molecule has 0 spiro atoms. The van der Waals surface area contributed by atoms with Crippen molar-refractivity contribution >= 4 is 17.9 Å². The molecule has 11 heteroatoms. The highest BCUT2D eigenvalue weighted by Gasteiger charge is 2.36. The third-order valence-corrected chi connectivity index (χ3v) is 5.49. The first-order valence-corrected chi connectivity index (χ1v) is 10.4. The summed E-state index contributed by atoms with van der Waals surface area (Å²) in [5, 5.41) is 15.4. The zero-order valence-electron chi connectivity index (χ0n) is 17.4. The van der Waals surface area contributed by atoms with Gasteiger partial charge in [-0.15, -0.1) is 0 Å². The highest BCUT2D eigenvalue weighted by Crippen LogP contribution is 2.36. The molecule has 0 aliphatic carbocycles. The number of hydrogen-bond acceptors (Lipinski definition) is 4. The number of rotatable bonds is 6. The molecule has 3 aromatic carbocycles. The van der Waals surface area contributed by atoms with Crippen molar-refractivity contribution in [3.05, 3.63) is 116 Å². The van der Waals surface area contributed by atoms with E-state index in [1.165, 1.54) is 22.8 Å². The Balaban J connectivity index is 1.89. The van der Waals surface area contributed by atoms with Gasteiger partial charge in [0.1, 0.15) is 11.6 Å². The van der Waals surface area contributed by atoms with Crippen LogP contribution < -0.4 is 0 Å². The van der Waals surface area contributed by atoms with Gasteiger partial charge in [-0.05, 0) is 41.5 Å². The first-order valence-electron chi connectivity index (χ1n) is 9.96. The molecule has 1 aromatic heterocycles. The van der Waals surface area contributed by atoms with Crippen molar-refractivity contribution < 1.29 is 22.5 Å². The van der Waals surface area contributed by atoms with E-state index < -0.39 is 33.9 Å². The van der Waals surface area contributed by atoms with Crippen LogP contribution in [0.4, 0.5) is 23.2 Å². The van der Waals surface area contributed by atoms with E-state index in [4.69, 9.17) is 12.2 Å². The van der Waals surface area contributed by atoms with Gasteiger partial charge in [0.25, 0.3) is 5.69 Å². The lowest BCUT2D eigenvalue weighted by Crippen LogP contribution is -2.13.